The first-order valence-corrected chi connectivity index (χ1v) is 9.49. The maximum absolute atomic E-state index is 11.3. The third kappa shape index (κ3) is 6.47. The third-order valence-corrected chi connectivity index (χ3v) is 4.32. The number of nitrogens with zero attached hydrogens (tertiary/aromatic N) is 2. The minimum absolute atomic E-state index is 0.0905. The summed E-state index contributed by atoms with van der Waals surface area (Å²) in [4.78, 5) is 19.2. The zero-order chi connectivity index (χ0) is 18.6. The molecule has 1 aromatic carbocycles. The van der Waals surface area contributed by atoms with Gasteiger partial charge in [-0.1, -0.05) is 64.0 Å². The summed E-state index contributed by atoms with van der Waals surface area (Å²) in [6, 6.07) is 7.40. The molecule has 0 aliphatic carbocycles. The van der Waals surface area contributed by atoms with E-state index in [0.29, 0.717) is 12.3 Å². The Kier molecular flexibility index (Phi) is 8.60. The van der Waals surface area contributed by atoms with Crippen LogP contribution in [0.3, 0.4) is 0 Å². The van der Waals surface area contributed by atoms with E-state index in [2.05, 4.69) is 16.9 Å². The lowest BCUT2D eigenvalue weighted by Crippen LogP contribution is -2.03. The van der Waals surface area contributed by atoms with Crippen LogP contribution in [0.15, 0.2) is 36.8 Å². The van der Waals surface area contributed by atoms with Crippen molar-refractivity contribution in [2.45, 2.75) is 58.3 Å². The van der Waals surface area contributed by atoms with Gasteiger partial charge in [0.2, 0.25) is 0 Å². The van der Waals surface area contributed by atoms with Crippen LogP contribution in [0, 0.1) is 0 Å². The van der Waals surface area contributed by atoms with Gasteiger partial charge in [0.1, 0.15) is 17.6 Å². The smallest absolute Gasteiger partial charge is 0.339 e. The molecular formula is C21H28N2O3. The van der Waals surface area contributed by atoms with Crippen molar-refractivity contribution in [2.75, 3.05) is 6.61 Å². The average molecular weight is 356 g/mol. The Hall–Kier alpha value is -2.43. The molecule has 0 fully saturated rings. The van der Waals surface area contributed by atoms with Crippen LogP contribution in [0.1, 0.15) is 68.6 Å². The first-order valence-electron chi connectivity index (χ1n) is 9.49. The number of benzene rings is 1. The number of rotatable bonds is 12. The monoisotopic (exact) mass is 356 g/mol. The molecule has 0 atom stereocenters. The van der Waals surface area contributed by atoms with Gasteiger partial charge in [0, 0.05) is 11.8 Å². The van der Waals surface area contributed by atoms with Crippen molar-refractivity contribution >= 4 is 5.97 Å². The van der Waals surface area contributed by atoms with Crippen molar-refractivity contribution in [1.29, 1.82) is 0 Å². The summed E-state index contributed by atoms with van der Waals surface area (Å²) in [7, 11) is 0. The summed E-state index contributed by atoms with van der Waals surface area (Å²) in [6.45, 7) is 2.91. The normalized spacial score (nSPS) is 10.7. The highest BCUT2D eigenvalue weighted by atomic mass is 16.5. The maximum Gasteiger partial charge on any atom is 0.339 e. The molecule has 1 heterocycles. The van der Waals surface area contributed by atoms with Crippen molar-refractivity contribution < 1.29 is 14.6 Å². The SMILES string of the molecule is CCCCCCCCCCOc1cccc(-c2ncncc2C(=O)O)c1. The van der Waals surface area contributed by atoms with Gasteiger partial charge in [-0.15, -0.1) is 0 Å². The minimum atomic E-state index is -1.04. The lowest BCUT2D eigenvalue weighted by atomic mass is 10.1. The van der Waals surface area contributed by atoms with Crippen molar-refractivity contribution in [3.8, 4) is 17.0 Å². The lowest BCUT2D eigenvalue weighted by Gasteiger charge is -2.09. The van der Waals surface area contributed by atoms with E-state index >= 15 is 0 Å². The summed E-state index contributed by atoms with van der Waals surface area (Å²) in [5, 5.41) is 9.28. The van der Waals surface area contributed by atoms with Crippen LogP contribution in [0.4, 0.5) is 0 Å². The molecule has 1 aromatic heterocycles. The Bertz CT molecular complexity index is 688. The fourth-order valence-electron chi connectivity index (χ4n) is 2.88. The summed E-state index contributed by atoms with van der Waals surface area (Å²) in [5.74, 6) is -0.300. The zero-order valence-electron chi connectivity index (χ0n) is 15.5. The third-order valence-electron chi connectivity index (χ3n) is 4.32. The molecule has 0 spiro atoms. The first-order chi connectivity index (χ1) is 12.7. The van der Waals surface area contributed by atoms with Gasteiger partial charge in [0.25, 0.3) is 0 Å². The van der Waals surface area contributed by atoms with Gasteiger partial charge in [0.05, 0.1) is 12.3 Å². The Morgan fingerprint density at radius 1 is 1.08 bits per heavy atom. The van der Waals surface area contributed by atoms with E-state index in [1.807, 2.05) is 24.3 Å². The van der Waals surface area contributed by atoms with Gasteiger partial charge >= 0.3 is 5.97 Å². The number of carboxylic acids is 1. The summed E-state index contributed by atoms with van der Waals surface area (Å²) in [5.41, 5.74) is 1.22. The number of carboxylic acid groups (broad SMARTS) is 1. The number of aromatic nitrogens is 2. The molecule has 2 aromatic rings. The predicted molar refractivity (Wildman–Crippen MR) is 103 cm³/mol. The molecule has 0 unspecified atom stereocenters. The number of aromatic carboxylic acids is 1. The molecule has 0 saturated heterocycles. The van der Waals surface area contributed by atoms with E-state index in [4.69, 9.17) is 4.74 Å². The van der Waals surface area contributed by atoms with Gasteiger partial charge in [-0.3, -0.25) is 0 Å². The highest BCUT2D eigenvalue weighted by Gasteiger charge is 2.13. The molecule has 0 amide bonds. The van der Waals surface area contributed by atoms with Crippen molar-refractivity contribution in [1.82, 2.24) is 9.97 Å². The Balaban J connectivity index is 1.80. The van der Waals surface area contributed by atoms with E-state index in [0.717, 1.165) is 17.7 Å². The van der Waals surface area contributed by atoms with Crippen LogP contribution in [-0.2, 0) is 0 Å². The molecule has 26 heavy (non-hydrogen) atoms. The fourth-order valence-corrected chi connectivity index (χ4v) is 2.88. The highest BCUT2D eigenvalue weighted by Crippen LogP contribution is 2.25. The number of unbranched alkanes of at least 4 members (excludes halogenated alkanes) is 7. The average Bonchev–Trinajstić information content (AvgIpc) is 2.67. The van der Waals surface area contributed by atoms with Crippen molar-refractivity contribution in [3.63, 3.8) is 0 Å². The second-order valence-electron chi connectivity index (χ2n) is 6.44. The first kappa shape index (κ1) is 19.9. The summed E-state index contributed by atoms with van der Waals surface area (Å²) < 4.78 is 5.82. The topological polar surface area (TPSA) is 72.3 Å². The van der Waals surface area contributed by atoms with Crippen LogP contribution in [0.25, 0.3) is 11.3 Å². The number of carbonyl (C=O) groups is 1. The Morgan fingerprint density at radius 3 is 2.54 bits per heavy atom. The van der Waals surface area contributed by atoms with Crippen LogP contribution in [-0.4, -0.2) is 27.7 Å². The molecule has 0 saturated carbocycles. The number of hydrogen-bond acceptors (Lipinski definition) is 4. The van der Waals surface area contributed by atoms with Crippen LogP contribution >= 0.6 is 0 Å². The molecule has 0 aliphatic rings. The highest BCUT2D eigenvalue weighted by molar-refractivity contribution is 5.94. The van der Waals surface area contributed by atoms with Gasteiger partial charge in [-0.2, -0.15) is 0 Å². The van der Waals surface area contributed by atoms with Crippen molar-refractivity contribution in [2.24, 2.45) is 0 Å². The summed E-state index contributed by atoms with van der Waals surface area (Å²) in [6.07, 6.45) is 12.8. The zero-order valence-corrected chi connectivity index (χ0v) is 15.5. The Labute approximate surface area is 155 Å². The van der Waals surface area contributed by atoms with Crippen molar-refractivity contribution in [3.05, 3.63) is 42.4 Å². The quantitative estimate of drug-likeness (QED) is 0.518. The molecule has 5 heteroatoms. The molecule has 5 nitrogen and oxygen atoms in total. The maximum atomic E-state index is 11.3. The van der Waals surface area contributed by atoms with Gasteiger partial charge in [-0.05, 0) is 18.6 Å². The van der Waals surface area contributed by atoms with Gasteiger partial charge in [-0.25, -0.2) is 14.8 Å². The van der Waals surface area contributed by atoms with E-state index in [1.165, 1.54) is 57.5 Å². The van der Waals surface area contributed by atoms with E-state index in [1.54, 1.807) is 0 Å². The molecule has 1 N–H and O–H groups in total. The molecule has 0 aliphatic heterocycles. The lowest BCUT2D eigenvalue weighted by molar-refractivity contribution is 0.0697. The number of ether oxygens (including phenoxy) is 1. The molecule has 0 bridgehead atoms. The van der Waals surface area contributed by atoms with E-state index in [9.17, 15) is 9.90 Å². The van der Waals surface area contributed by atoms with E-state index < -0.39 is 5.97 Å². The standard InChI is InChI=1S/C21H28N2O3/c1-2-3-4-5-6-7-8-9-13-26-18-12-10-11-17(14-18)20-19(21(24)25)15-22-16-23-20/h10-12,14-16H,2-9,13H2,1H3,(H,24,25). The van der Waals surface area contributed by atoms with Gasteiger partial charge in [0.15, 0.2) is 0 Å². The predicted octanol–water partition coefficient (Wildman–Crippen LogP) is 5.36. The second kappa shape index (κ2) is 11.2. The molecule has 140 valence electrons. The van der Waals surface area contributed by atoms with Crippen LogP contribution in [0.5, 0.6) is 5.75 Å². The fraction of sp³-hybridized carbons (Fsp3) is 0.476. The van der Waals surface area contributed by atoms with E-state index in [-0.39, 0.29) is 5.56 Å². The minimum Gasteiger partial charge on any atom is -0.494 e. The Morgan fingerprint density at radius 2 is 1.81 bits per heavy atom. The largest absolute Gasteiger partial charge is 0.494 e. The van der Waals surface area contributed by atoms with Gasteiger partial charge < -0.3 is 9.84 Å². The molecule has 2 rings (SSSR count). The summed E-state index contributed by atoms with van der Waals surface area (Å²) >= 11 is 0. The molecular weight excluding hydrogens is 328 g/mol. The van der Waals surface area contributed by atoms with Crippen LogP contribution < -0.4 is 4.74 Å². The number of hydrogen-bond donors (Lipinski definition) is 1. The van der Waals surface area contributed by atoms with Crippen LogP contribution in [0.2, 0.25) is 0 Å². The molecule has 0 radical (unpaired) electrons. The second-order valence-corrected chi connectivity index (χ2v) is 6.44.